The summed E-state index contributed by atoms with van der Waals surface area (Å²) >= 11 is 0. The fourth-order valence-electron chi connectivity index (χ4n) is 4.15. The van der Waals surface area contributed by atoms with Crippen LogP contribution in [0.5, 0.6) is 11.5 Å². The summed E-state index contributed by atoms with van der Waals surface area (Å²) in [6.45, 7) is 2.72. The number of benzene rings is 3. The number of anilines is 1. The van der Waals surface area contributed by atoms with Crippen molar-refractivity contribution in [1.82, 2.24) is 0 Å². The van der Waals surface area contributed by atoms with E-state index >= 15 is 0 Å². The van der Waals surface area contributed by atoms with Gasteiger partial charge in [-0.25, -0.2) is 4.39 Å². The van der Waals surface area contributed by atoms with Gasteiger partial charge in [0, 0.05) is 24.3 Å². The molecule has 0 fully saturated rings. The van der Waals surface area contributed by atoms with E-state index in [1.54, 1.807) is 12.1 Å². The first kappa shape index (κ1) is 26.1. The average Bonchev–Trinajstić information content (AvgIpc) is 2.83. The van der Waals surface area contributed by atoms with Gasteiger partial charge < -0.3 is 24.3 Å². The number of para-hydroxylation sites is 1. The molecule has 0 saturated carbocycles. The molecule has 0 atom stereocenters. The van der Waals surface area contributed by atoms with Gasteiger partial charge in [0.25, 0.3) is 0 Å². The number of aryl methyl sites for hydroxylation is 1. The van der Waals surface area contributed by atoms with E-state index < -0.39 is 11.8 Å². The van der Waals surface area contributed by atoms with E-state index in [1.165, 1.54) is 17.3 Å². The number of carbonyl (C=O) groups is 1. The minimum atomic E-state index is -1.19. The molecule has 5 nitrogen and oxygen atoms in total. The number of carbonyl (C=O) groups excluding carboxylic acids is 1. The molecule has 0 aliphatic carbocycles. The summed E-state index contributed by atoms with van der Waals surface area (Å²) < 4.78 is 26.0. The van der Waals surface area contributed by atoms with Crippen molar-refractivity contribution < 1.29 is 53.3 Å². The smallest absolute Gasteiger partial charge is 0.550 e. The molecule has 1 heterocycles. The monoisotopic (exact) mass is 471 g/mol. The van der Waals surface area contributed by atoms with E-state index in [0.29, 0.717) is 24.5 Å². The summed E-state index contributed by atoms with van der Waals surface area (Å²) in [6, 6.07) is 20.6. The molecule has 1 aliphatic heterocycles. The van der Waals surface area contributed by atoms with Gasteiger partial charge >= 0.3 is 29.6 Å². The molecule has 1 aliphatic rings. The first-order chi connectivity index (χ1) is 16.1. The molecule has 0 saturated heterocycles. The van der Waals surface area contributed by atoms with Gasteiger partial charge in [0.1, 0.15) is 30.5 Å². The number of aliphatic carboxylic acids is 1. The second kappa shape index (κ2) is 12.8. The zero-order valence-electron chi connectivity index (χ0n) is 19.5. The van der Waals surface area contributed by atoms with Crippen LogP contribution in [-0.2, 0) is 24.2 Å². The Balaban J connectivity index is 0.00000324. The molecule has 34 heavy (non-hydrogen) atoms. The van der Waals surface area contributed by atoms with E-state index in [-0.39, 0.29) is 42.4 Å². The van der Waals surface area contributed by atoms with Crippen LogP contribution in [0, 0.1) is 5.82 Å². The number of carboxylic acids is 1. The van der Waals surface area contributed by atoms with Gasteiger partial charge in [-0.2, -0.15) is 0 Å². The van der Waals surface area contributed by atoms with E-state index in [1.807, 2.05) is 42.5 Å². The van der Waals surface area contributed by atoms with E-state index in [9.17, 15) is 14.3 Å². The Morgan fingerprint density at radius 3 is 2.56 bits per heavy atom. The molecule has 0 unspecified atom stereocenters. The van der Waals surface area contributed by atoms with Crippen molar-refractivity contribution in [2.24, 2.45) is 0 Å². The number of hydrogen-bond donors (Lipinski definition) is 0. The largest absolute Gasteiger partial charge is 1.00 e. The van der Waals surface area contributed by atoms with Crippen molar-refractivity contribution in [1.29, 1.82) is 0 Å². The van der Waals surface area contributed by atoms with Gasteiger partial charge in [0.2, 0.25) is 0 Å². The molecule has 0 radical (unpaired) electrons. The van der Waals surface area contributed by atoms with Crippen molar-refractivity contribution in [2.75, 3.05) is 24.6 Å². The molecule has 0 aromatic heterocycles. The Morgan fingerprint density at radius 2 is 1.79 bits per heavy atom. The number of fused-ring (bicyclic) bond motifs is 1. The Bertz CT molecular complexity index is 1090. The summed E-state index contributed by atoms with van der Waals surface area (Å²) in [7, 11) is 0. The molecular weight excluding hydrogens is 444 g/mol. The predicted octanol–water partition coefficient (Wildman–Crippen LogP) is 0.923. The van der Waals surface area contributed by atoms with Crippen molar-refractivity contribution >= 4 is 11.7 Å². The summed E-state index contributed by atoms with van der Waals surface area (Å²) in [5, 5.41) is 10.6. The van der Waals surface area contributed by atoms with Crippen LogP contribution < -0.4 is 49.0 Å². The number of nitrogens with zero attached hydrogens (tertiary/aromatic N) is 1. The zero-order valence-corrected chi connectivity index (χ0v) is 21.5. The van der Waals surface area contributed by atoms with Crippen LogP contribution in [0.25, 0.3) is 0 Å². The third-order valence-corrected chi connectivity index (χ3v) is 5.83. The quantitative estimate of drug-likeness (QED) is 0.412. The van der Waals surface area contributed by atoms with Gasteiger partial charge in [-0.1, -0.05) is 36.4 Å². The number of hydrogen-bond acceptors (Lipinski definition) is 5. The van der Waals surface area contributed by atoms with Crippen molar-refractivity contribution in [3.63, 3.8) is 0 Å². The van der Waals surface area contributed by atoms with Crippen LogP contribution >= 0.6 is 0 Å². The van der Waals surface area contributed by atoms with Gasteiger partial charge in [-0.3, -0.25) is 0 Å². The van der Waals surface area contributed by atoms with Crippen LogP contribution in [0.3, 0.4) is 0 Å². The summed E-state index contributed by atoms with van der Waals surface area (Å²) in [6.07, 6.45) is 1.92. The van der Waals surface area contributed by atoms with Crippen LogP contribution in [0.2, 0.25) is 0 Å². The third-order valence-electron chi connectivity index (χ3n) is 5.83. The second-order valence-corrected chi connectivity index (χ2v) is 8.08. The fourth-order valence-corrected chi connectivity index (χ4v) is 4.15. The number of rotatable bonds is 10. The van der Waals surface area contributed by atoms with Crippen LogP contribution in [0.15, 0.2) is 66.7 Å². The van der Waals surface area contributed by atoms with Crippen LogP contribution in [-0.4, -0.2) is 25.7 Å². The first-order valence-corrected chi connectivity index (χ1v) is 11.2. The van der Waals surface area contributed by atoms with Crippen LogP contribution in [0.4, 0.5) is 10.1 Å². The fraction of sp³-hybridized carbons (Fsp3) is 0.296. The van der Waals surface area contributed by atoms with Gasteiger partial charge in [0.15, 0.2) is 0 Å². The zero-order chi connectivity index (χ0) is 23.0. The molecule has 0 spiro atoms. The maximum absolute atomic E-state index is 14.3. The van der Waals surface area contributed by atoms with E-state index in [2.05, 4.69) is 11.0 Å². The SMILES string of the molecule is O=C([O-])CCc1ccc(OCc2cccc3c2CCCN3CCOc2ccccc2)cc1F.[Na+]. The molecule has 0 N–H and O–H groups in total. The van der Waals surface area contributed by atoms with E-state index in [4.69, 9.17) is 9.47 Å². The average molecular weight is 472 g/mol. The number of carboxylic acid groups (broad SMARTS) is 1. The van der Waals surface area contributed by atoms with Crippen molar-refractivity contribution in [2.45, 2.75) is 32.3 Å². The Hall–Kier alpha value is -2.54. The molecular formula is C27H27FNNaO4. The summed E-state index contributed by atoms with van der Waals surface area (Å²) in [5.74, 6) is -0.362. The summed E-state index contributed by atoms with van der Waals surface area (Å²) in [4.78, 5) is 12.9. The molecule has 3 aromatic rings. The number of halogens is 1. The maximum atomic E-state index is 14.3. The summed E-state index contributed by atoms with van der Waals surface area (Å²) in [5.41, 5.74) is 3.89. The molecule has 7 heteroatoms. The van der Waals surface area contributed by atoms with Crippen LogP contribution in [0.1, 0.15) is 29.5 Å². The van der Waals surface area contributed by atoms with Gasteiger partial charge in [-0.15, -0.1) is 0 Å². The Kier molecular flexibility index (Phi) is 9.81. The molecule has 172 valence electrons. The van der Waals surface area contributed by atoms with Crippen molar-refractivity contribution in [3.05, 3.63) is 89.2 Å². The van der Waals surface area contributed by atoms with E-state index in [0.717, 1.165) is 37.2 Å². The molecule has 0 amide bonds. The second-order valence-electron chi connectivity index (χ2n) is 8.08. The normalized spacial score (nSPS) is 12.4. The minimum Gasteiger partial charge on any atom is -0.550 e. The number of ether oxygens (including phenoxy) is 2. The molecule has 0 bridgehead atoms. The van der Waals surface area contributed by atoms with Gasteiger partial charge in [-0.05, 0) is 66.6 Å². The molecule has 4 rings (SSSR count). The Morgan fingerprint density at radius 1 is 0.971 bits per heavy atom. The predicted molar refractivity (Wildman–Crippen MR) is 123 cm³/mol. The maximum Gasteiger partial charge on any atom is 1.00 e. The third kappa shape index (κ3) is 6.98. The first-order valence-electron chi connectivity index (χ1n) is 11.2. The Labute approximate surface area is 221 Å². The van der Waals surface area contributed by atoms with Crippen molar-refractivity contribution in [3.8, 4) is 11.5 Å². The van der Waals surface area contributed by atoms with Gasteiger partial charge in [0.05, 0.1) is 6.54 Å². The minimum absolute atomic E-state index is 0. The molecule has 3 aromatic carbocycles. The standard InChI is InChI=1S/C27H28FNO4.Na/c28-25-18-23(13-11-20(25)12-14-27(30)31)33-19-21-6-4-10-26-24(21)9-5-15-29(26)16-17-32-22-7-2-1-3-8-22;/h1-4,6-8,10-11,13,18H,5,9,12,14-17,19H2,(H,30,31);/q;+1/p-1. The topological polar surface area (TPSA) is 61.8 Å².